The molecular weight excluding hydrogens is 684 g/mol. The van der Waals surface area contributed by atoms with Crippen molar-refractivity contribution < 1.29 is 58.1 Å². The molecule has 0 radical (unpaired) electrons. The van der Waals surface area contributed by atoms with E-state index < -0.39 is 61.1 Å². The van der Waals surface area contributed by atoms with Crippen molar-refractivity contribution >= 4 is 11.9 Å². The average Bonchev–Trinajstić information content (AvgIpc) is 3.49. The number of ether oxygens (including phenoxy) is 7. The fraction of sp³-hybridized carbons (Fsp3) is 0.707. The number of aliphatic hydroxyl groups is 3. The van der Waals surface area contributed by atoms with Crippen LogP contribution in [0.5, 0.6) is 5.75 Å². The standard InChI is InChI=1S/C41H56O12/c1-6-24-10-14-29-28-13-9-25-19-27(15-17-41(25,4)30(28)16-18-40(24,29)3)51-39-36(50-22(2)42)34(32(44)21-49-39)53-38-35(33(45)31(43)20-48-38)52-37(46)23-7-11-26(47-5)12-8-23/h6-9,11-12,27-36,38-39,43-45H,10,13-21H2,1-5H3/b24-6-/t27-,28-,29-,30-,31+,32-,33-,34-,35+,36+,38-,39-,40+,41-/m0/s1. The summed E-state index contributed by atoms with van der Waals surface area (Å²) >= 11 is 0. The van der Waals surface area contributed by atoms with E-state index in [4.69, 9.17) is 33.2 Å². The Labute approximate surface area is 311 Å². The summed E-state index contributed by atoms with van der Waals surface area (Å²) in [5.74, 6) is 1.16. The van der Waals surface area contributed by atoms with E-state index in [-0.39, 0.29) is 30.3 Å². The Balaban J connectivity index is 1.05. The third kappa shape index (κ3) is 7.21. The zero-order valence-electron chi connectivity index (χ0n) is 31.5. The summed E-state index contributed by atoms with van der Waals surface area (Å²) < 4.78 is 41.0. The van der Waals surface area contributed by atoms with Gasteiger partial charge in [-0.15, -0.1) is 0 Å². The number of hydrogen-bond donors (Lipinski definition) is 3. The third-order valence-corrected chi connectivity index (χ3v) is 13.6. The maximum Gasteiger partial charge on any atom is 0.338 e. The third-order valence-electron chi connectivity index (χ3n) is 13.6. The highest BCUT2D eigenvalue weighted by atomic mass is 16.7. The van der Waals surface area contributed by atoms with E-state index in [9.17, 15) is 24.9 Å². The minimum absolute atomic E-state index is 0.106. The lowest BCUT2D eigenvalue weighted by Gasteiger charge is -2.57. The number of fused-ring (bicyclic) bond motifs is 5. The Morgan fingerprint density at radius 3 is 2.23 bits per heavy atom. The number of esters is 2. The van der Waals surface area contributed by atoms with Crippen molar-refractivity contribution in [2.75, 3.05) is 20.3 Å². The normalized spacial score (nSPS) is 43.2. The second kappa shape index (κ2) is 15.4. The minimum atomic E-state index is -1.57. The first-order valence-corrected chi connectivity index (χ1v) is 19.3. The summed E-state index contributed by atoms with van der Waals surface area (Å²) in [5, 5.41) is 32.5. The molecule has 5 fully saturated rings. The van der Waals surface area contributed by atoms with E-state index in [0.29, 0.717) is 23.0 Å². The van der Waals surface area contributed by atoms with Crippen molar-refractivity contribution in [3.05, 3.63) is 53.1 Å². The lowest BCUT2D eigenvalue weighted by Crippen LogP contribution is -2.62. The number of aliphatic hydroxyl groups excluding tert-OH is 3. The van der Waals surface area contributed by atoms with Gasteiger partial charge in [0, 0.05) is 6.92 Å². The quantitative estimate of drug-likeness (QED) is 0.251. The number of carbonyl (C=O) groups is 2. The Hall–Kier alpha value is -2.84. The monoisotopic (exact) mass is 740 g/mol. The fourth-order valence-electron chi connectivity index (χ4n) is 10.7. The average molecular weight is 741 g/mol. The van der Waals surface area contributed by atoms with Gasteiger partial charge >= 0.3 is 11.9 Å². The van der Waals surface area contributed by atoms with Gasteiger partial charge in [0.25, 0.3) is 0 Å². The van der Waals surface area contributed by atoms with Crippen LogP contribution in [-0.4, -0.2) is 103 Å². The first-order valence-electron chi connectivity index (χ1n) is 19.3. The molecule has 2 saturated heterocycles. The van der Waals surface area contributed by atoms with Gasteiger partial charge in [0.15, 0.2) is 24.8 Å². The molecule has 14 atom stereocenters. The molecule has 0 spiro atoms. The molecule has 1 aromatic carbocycles. The van der Waals surface area contributed by atoms with Gasteiger partial charge in [0.05, 0.1) is 32.0 Å². The van der Waals surface area contributed by atoms with Gasteiger partial charge in [0.2, 0.25) is 0 Å². The molecule has 0 unspecified atom stereocenters. The van der Waals surface area contributed by atoms with Gasteiger partial charge in [-0.3, -0.25) is 4.79 Å². The summed E-state index contributed by atoms with van der Waals surface area (Å²) in [6, 6.07) is 6.17. The second-order valence-electron chi connectivity index (χ2n) is 16.4. The number of rotatable bonds is 8. The van der Waals surface area contributed by atoms with Crippen molar-refractivity contribution in [2.45, 2.75) is 134 Å². The second-order valence-corrected chi connectivity index (χ2v) is 16.4. The lowest BCUT2D eigenvalue weighted by molar-refractivity contribution is -0.339. The molecule has 0 bridgehead atoms. The molecule has 1 aromatic rings. The highest BCUT2D eigenvalue weighted by molar-refractivity contribution is 5.89. The van der Waals surface area contributed by atoms with Crippen LogP contribution in [0.1, 0.15) is 89.4 Å². The van der Waals surface area contributed by atoms with Crippen LogP contribution in [0, 0.1) is 28.6 Å². The Kier molecular flexibility index (Phi) is 11.1. The van der Waals surface area contributed by atoms with Crippen molar-refractivity contribution in [1.82, 2.24) is 0 Å². The molecule has 12 nitrogen and oxygen atoms in total. The molecule has 0 aromatic heterocycles. The van der Waals surface area contributed by atoms with E-state index >= 15 is 0 Å². The van der Waals surface area contributed by atoms with E-state index in [1.54, 1.807) is 17.7 Å². The molecule has 292 valence electrons. The van der Waals surface area contributed by atoms with Crippen LogP contribution in [0.3, 0.4) is 0 Å². The van der Waals surface area contributed by atoms with Crippen LogP contribution in [0.15, 0.2) is 47.6 Å². The van der Waals surface area contributed by atoms with Crippen LogP contribution >= 0.6 is 0 Å². The first kappa shape index (κ1) is 38.4. The molecule has 2 aliphatic heterocycles. The fourth-order valence-corrected chi connectivity index (χ4v) is 10.7. The van der Waals surface area contributed by atoms with Gasteiger partial charge in [0.1, 0.15) is 30.2 Å². The molecular formula is C41H56O12. The zero-order valence-corrected chi connectivity index (χ0v) is 31.5. The highest BCUT2D eigenvalue weighted by Gasteiger charge is 2.58. The van der Waals surface area contributed by atoms with Crippen LogP contribution < -0.4 is 4.74 Å². The molecule has 3 N–H and O–H groups in total. The van der Waals surface area contributed by atoms with Gasteiger partial charge in [-0.2, -0.15) is 0 Å². The molecule has 0 amide bonds. The number of benzene rings is 1. The van der Waals surface area contributed by atoms with Crippen LogP contribution in [0.25, 0.3) is 0 Å². The van der Waals surface area contributed by atoms with E-state index in [1.165, 1.54) is 57.4 Å². The summed E-state index contributed by atoms with van der Waals surface area (Å²) in [6.45, 7) is 7.89. The summed E-state index contributed by atoms with van der Waals surface area (Å²) in [7, 11) is 1.50. The summed E-state index contributed by atoms with van der Waals surface area (Å²) in [5.41, 5.74) is 3.68. The molecule has 53 heavy (non-hydrogen) atoms. The topological polar surface area (TPSA) is 159 Å². The number of hydrogen-bond acceptors (Lipinski definition) is 12. The molecule has 3 saturated carbocycles. The van der Waals surface area contributed by atoms with E-state index in [0.717, 1.165) is 31.6 Å². The zero-order chi connectivity index (χ0) is 37.7. The maximum atomic E-state index is 13.1. The summed E-state index contributed by atoms with van der Waals surface area (Å²) in [6.07, 6.45) is 2.59. The minimum Gasteiger partial charge on any atom is -0.497 e. The number of allylic oxidation sites excluding steroid dienone is 3. The first-order chi connectivity index (χ1) is 25.4. The predicted octanol–water partition coefficient (Wildman–Crippen LogP) is 4.63. The van der Waals surface area contributed by atoms with Gasteiger partial charge in [-0.1, -0.05) is 37.1 Å². The largest absolute Gasteiger partial charge is 0.497 e. The van der Waals surface area contributed by atoms with E-state index in [2.05, 4.69) is 32.9 Å². The Morgan fingerprint density at radius 2 is 1.53 bits per heavy atom. The van der Waals surface area contributed by atoms with Gasteiger partial charge in [-0.25, -0.2) is 4.79 Å². The van der Waals surface area contributed by atoms with Crippen LogP contribution in [0.2, 0.25) is 0 Å². The highest BCUT2D eigenvalue weighted by Crippen LogP contribution is 2.66. The molecule has 2 heterocycles. The van der Waals surface area contributed by atoms with Crippen molar-refractivity contribution in [3.63, 3.8) is 0 Å². The molecule has 6 aliphatic rings. The Morgan fingerprint density at radius 1 is 0.849 bits per heavy atom. The number of carbonyl (C=O) groups excluding carboxylic acids is 2. The summed E-state index contributed by atoms with van der Waals surface area (Å²) in [4.78, 5) is 25.5. The van der Waals surface area contributed by atoms with Crippen LogP contribution in [-0.2, 0) is 33.2 Å². The molecule has 7 rings (SSSR count). The number of methoxy groups -OCH3 is 1. The SMILES string of the molecule is C/C=C1/CC[C@H]2[C@@H]3CC=C4C[C@@H](O[C@@H]5OC[C@H](O)[C@H](O[C@@H]6OC[C@@H](O)[C@H](O)[C@H]6OC(=O)c6ccc(OC)cc6)[C@H]5OC(C)=O)CC[C@]4(C)[C@H]3CC[C@]12C. The van der Waals surface area contributed by atoms with Gasteiger partial charge < -0.3 is 48.5 Å². The smallest absolute Gasteiger partial charge is 0.338 e. The predicted molar refractivity (Wildman–Crippen MR) is 190 cm³/mol. The van der Waals surface area contributed by atoms with E-state index in [1.807, 2.05) is 0 Å². The maximum absolute atomic E-state index is 13.1. The van der Waals surface area contributed by atoms with Crippen LogP contribution in [0.4, 0.5) is 0 Å². The van der Waals surface area contributed by atoms with Crippen molar-refractivity contribution in [2.24, 2.45) is 28.6 Å². The molecule has 12 heteroatoms. The lowest BCUT2D eigenvalue weighted by atomic mass is 9.48. The molecule has 4 aliphatic carbocycles. The van der Waals surface area contributed by atoms with Crippen molar-refractivity contribution in [1.29, 1.82) is 0 Å². The van der Waals surface area contributed by atoms with Crippen molar-refractivity contribution in [3.8, 4) is 5.75 Å². The van der Waals surface area contributed by atoms with Gasteiger partial charge in [-0.05, 0) is 111 Å². The Bertz CT molecular complexity index is 1560.